The molecule has 0 fully saturated rings. The Labute approximate surface area is 120 Å². The summed E-state index contributed by atoms with van der Waals surface area (Å²) in [4.78, 5) is 15.2. The molecule has 0 unspecified atom stereocenters. The van der Waals surface area contributed by atoms with Gasteiger partial charge >= 0.3 is 0 Å². The Bertz CT molecular complexity index is 778. The van der Waals surface area contributed by atoms with Crippen molar-refractivity contribution in [3.8, 4) is 5.75 Å². The van der Waals surface area contributed by atoms with Gasteiger partial charge in [-0.3, -0.25) is 4.79 Å². The molecule has 0 spiro atoms. The Morgan fingerprint density at radius 1 is 1.15 bits per heavy atom. The molecule has 0 saturated carbocycles. The third-order valence-corrected chi connectivity index (χ3v) is 3.28. The number of fused-ring (bicyclic) bond motifs is 1. The minimum atomic E-state index is -0.292. The summed E-state index contributed by atoms with van der Waals surface area (Å²) in [6.07, 6.45) is 1.58. The quantitative estimate of drug-likeness (QED) is 0.671. The molecule has 5 heteroatoms. The molecule has 0 radical (unpaired) electrons. The standard InChI is InChI=1S/C15H11ClN2O2/c16-9-4-6-10(7-5-9)18-15(20)11-8-17-12-2-1-3-13(19)14(11)12/h1-8,17,19H,(H,18,20). The monoisotopic (exact) mass is 286 g/mol. The van der Waals surface area contributed by atoms with Gasteiger partial charge in [-0.1, -0.05) is 17.7 Å². The molecular weight excluding hydrogens is 276 g/mol. The highest BCUT2D eigenvalue weighted by atomic mass is 35.5. The van der Waals surface area contributed by atoms with Crippen LogP contribution in [0, 0.1) is 0 Å². The van der Waals surface area contributed by atoms with Crippen molar-refractivity contribution < 1.29 is 9.90 Å². The highest BCUT2D eigenvalue weighted by molar-refractivity contribution is 6.30. The van der Waals surface area contributed by atoms with Crippen LogP contribution in [0.15, 0.2) is 48.7 Å². The summed E-state index contributed by atoms with van der Waals surface area (Å²) in [6.45, 7) is 0. The van der Waals surface area contributed by atoms with Gasteiger partial charge in [0.2, 0.25) is 0 Å². The summed E-state index contributed by atoms with van der Waals surface area (Å²) in [6, 6.07) is 11.9. The van der Waals surface area contributed by atoms with Gasteiger partial charge in [-0.25, -0.2) is 0 Å². The lowest BCUT2D eigenvalue weighted by molar-refractivity contribution is 0.102. The topological polar surface area (TPSA) is 65.1 Å². The molecule has 0 atom stereocenters. The number of benzene rings is 2. The Balaban J connectivity index is 1.95. The summed E-state index contributed by atoms with van der Waals surface area (Å²) in [5.41, 5.74) is 1.75. The van der Waals surface area contributed by atoms with Crippen molar-refractivity contribution in [3.63, 3.8) is 0 Å². The number of rotatable bonds is 2. The Kier molecular flexibility index (Phi) is 3.08. The second-order valence-corrected chi connectivity index (χ2v) is 4.80. The van der Waals surface area contributed by atoms with Crippen LogP contribution in [0.4, 0.5) is 5.69 Å². The van der Waals surface area contributed by atoms with Crippen LogP contribution in [-0.4, -0.2) is 16.0 Å². The minimum absolute atomic E-state index is 0.0741. The molecule has 3 N–H and O–H groups in total. The summed E-state index contributed by atoms with van der Waals surface area (Å²) >= 11 is 5.80. The molecule has 0 aliphatic rings. The van der Waals surface area contributed by atoms with Gasteiger partial charge in [-0.15, -0.1) is 0 Å². The van der Waals surface area contributed by atoms with E-state index in [1.807, 2.05) is 0 Å². The van der Waals surface area contributed by atoms with Gasteiger partial charge < -0.3 is 15.4 Å². The molecule has 0 aliphatic heterocycles. The molecule has 1 amide bonds. The summed E-state index contributed by atoms with van der Waals surface area (Å²) in [5.74, 6) is -0.218. The number of hydrogen-bond acceptors (Lipinski definition) is 2. The molecule has 0 bridgehead atoms. The first-order valence-corrected chi connectivity index (χ1v) is 6.39. The number of amides is 1. The number of H-pyrrole nitrogens is 1. The molecule has 3 rings (SSSR count). The fourth-order valence-corrected chi connectivity index (χ4v) is 2.20. The third kappa shape index (κ3) is 2.21. The van der Waals surface area contributed by atoms with E-state index in [0.29, 0.717) is 27.2 Å². The van der Waals surface area contributed by atoms with Gasteiger partial charge in [0.05, 0.1) is 10.9 Å². The number of carbonyl (C=O) groups excluding carboxylic acids is 1. The average Bonchev–Trinajstić information content (AvgIpc) is 2.87. The number of phenols is 1. The van der Waals surface area contributed by atoms with Crippen LogP contribution in [0.5, 0.6) is 5.75 Å². The van der Waals surface area contributed by atoms with Crippen LogP contribution in [0.3, 0.4) is 0 Å². The highest BCUT2D eigenvalue weighted by Gasteiger charge is 2.14. The zero-order valence-electron chi connectivity index (χ0n) is 10.4. The maximum atomic E-state index is 12.3. The van der Waals surface area contributed by atoms with E-state index >= 15 is 0 Å². The minimum Gasteiger partial charge on any atom is -0.507 e. The van der Waals surface area contributed by atoms with Gasteiger partial charge in [0.1, 0.15) is 5.75 Å². The van der Waals surface area contributed by atoms with Crippen molar-refractivity contribution in [3.05, 3.63) is 59.2 Å². The second-order valence-electron chi connectivity index (χ2n) is 4.36. The van der Waals surface area contributed by atoms with Crippen molar-refractivity contribution in [1.82, 2.24) is 4.98 Å². The molecule has 0 aliphatic carbocycles. The molecule has 3 aromatic rings. The van der Waals surface area contributed by atoms with Crippen molar-refractivity contribution >= 4 is 34.1 Å². The number of halogens is 1. The first kappa shape index (κ1) is 12.6. The summed E-state index contributed by atoms with van der Waals surface area (Å²) in [5, 5.41) is 13.8. The average molecular weight is 287 g/mol. The highest BCUT2D eigenvalue weighted by Crippen LogP contribution is 2.28. The van der Waals surface area contributed by atoms with E-state index in [1.54, 1.807) is 48.7 Å². The normalized spacial score (nSPS) is 10.7. The number of aromatic nitrogens is 1. The molecule has 1 aromatic heterocycles. The molecule has 2 aromatic carbocycles. The Morgan fingerprint density at radius 2 is 1.90 bits per heavy atom. The summed E-state index contributed by atoms with van der Waals surface area (Å²) < 4.78 is 0. The van der Waals surface area contributed by atoms with Crippen molar-refractivity contribution in [2.45, 2.75) is 0 Å². The fraction of sp³-hybridized carbons (Fsp3) is 0. The SMILES string of the molecule is O=C(Nc1ccc(Cl)cc1)c1c[nH]c2cccc(O)c12. The van der Waals surface area contributed by atoms with Crippen LogP contribution < -0.4 is 5.32 Å². The molecular formula is C15H11ClN2O2. The lowest BCUT2D eigenvalue weighted by Crippen LogP contribution is -2.11. The molecule has 20 heavy (non-hydrogen) atoms. The van der Waals surface area contributed by atoms with Gasteiger partial charge in [0.25, 0.3) is 5.91 Å². The van der Waals surface area contributed by atoms with Crippen LogP contribution in [0.25, 0.3) is 10.9 Å². The van der Waals surface area contributed by atoms with Crippen molar-refractivity contribution in [2.24, 2.45) is 0 Å². The number of anilines is 1. The Morgan fingerprint density at radius 3 is 2.65 bits per heavy atom. The lowest BCUT2D eigenvalue weighted by atomic mass is 10.1. The third-order valence-electron chi connectivity index (χ3n) is 3.03. The molecule has 0 saturated heterocycles. The summed E-state index contributed by atoms with van der Waals surface area (Å²) in [7, 11) is 0. The van der Waals surface area contributed by atoms with E-state index < -0.39 is 0 Å². The molecule has 100 valence electrons. The first-order valence-electron chi connectivity index (χ1n) is 6.01. The van der Waals surface area contributed by atoms with E-state index in [0.717, 1.165) is 0 Å². The van der Waals surface area contributed by atoms with E-state index in [1.165, 1.54) is 0 Å². The second kappa shape index (κ2) is 4.90. The number of hydrogen-bond donors (Lipinski definition) is 3. The van der Waals surface area contributed by atoms with E-state index in [9.17, 15) is 9.90 Å². The number of nitrogens with one attached hydrogen (secondary N) is 2. The van der Waals surface area contributed by atoms with E-state index in [2.05, 4.69) is 10.3 Å². The van der Waals surface area contributed by atoms with Crippen LogP contribution >= 0.6 is 11.6 Å². The van der Waals surface area contributed by atoms with Gasteiger partial charge in [-0.05, 0) is 36.4 Å². The van der Waals surface area contributed by atoms with Crippen LogP contribution in [0.2, 0.25) is 5.02 Å². The maximum Gasteiger partial charge on any atom is 0.257 e. The van der Waals surface area contributed by atoms with Gasteiger partial charge in [-0.2, -0.15) is 0 Å². The van der Waals surface area contributed by atoms with E-state index in [-0.39, 0.29) is 11.7 Å². The fourth-order valence-electron chi connectivity index (χ4n) is 2.08. The van der Waals surface area contributed by atoms with Crippen molar-refractivity contribution in [1.29, 1.82) is 0 Å². The van der Waals surface area contributed by atoms with Gasteiger partial charge in [0.15, 0.2) is 0 Å². The molecule has 1 heterocycles. The van der Waals surface area contributed by atoms with Gasteiger partial charge in [0, 0.05) is 22.4 Å². The lowest BCUT2D eigenvalue weighted by Gasteiger charge is -2.05. The molecule has 4 nitrogen and oxygen atoms in total. The van der Waals surface area contributed by atoms with Crippen molar-refractivity contribution in [2.75, 3.05) is 5.32 Å². The number of phenolic OH excluding ortho intramolecular Hbond substituents is 1. The zero-order chi connectivity index (χ0) is 14.1. The predicted molar refractivity (Wildman–Crippen MR) is 79.4 cm³/mol. The predicted octanol–water partition coefficient (Wildman–Crippen LogP) is 3.78. The van der Waals surface area contributed by atoms with Crippen LogP contribution in [-0.2, 0) is 0 Å². The number of aromatic amines is 1. The first-order chi connectivity index (χ1) is 9.65. The Hall–Kier alpha value is -2.46. The van der Waals surface area contributed by atoms with E-state index in [4.69, 9.17) is 11.6 Å². The van der Waals surface area contributed by atoms with Crippen LogP contribution in [0.1, 0.15) is 10.4 Å². The number of aromatic hydroxyl groups is 1. The smallest absolute Gasteiger partial charge is 0.257 e. The largest absolute Gasteiger partial charge is 0.507 e. The zero-order valence-corrected chi connectivity index (χ0v) is 11.1. The number of carbonyl (C=O) groups is 1. The maximum absolute atomic E-state index is 12.3.